The zero-order chi connectivity index (χ0) is 19.5. The number of sulfone groups is 1. The smallest absolute Gasteiger partial charge is 0.224 e. The topological polar surface area (TPSA) is 80.3 Å². The van der Waals surface area contributed by atoms with E-state index in [0.717, 1.165) is 16.7 Å². The Kier molecular flexibility index (Phi) is 5.46. The van der Waals surface area contributed by atoms with Gasteiger partial charge < -0.3 is 0 Å². The average Bonchev–Trinajstić information content (AvgIpc) is 2.67. The molecule has 0 aliphatic carbocycles. The minimum atomic E-state index is -3.56. The van der Waals surface area contributed by atoms with Crippen molar-refractivity contribution in [1.29, 1.82) is 0 Å². The maximum absolute atomic E-state index is 12.3. The van der Waals surface area contributed by atoms with Crippen LogP contribution in [-0.2, 0) is 26.4 Å². The average molecular weight is 402 g/mol. The fourth-order valence-electron chi connectivity index (χ4n) is 2.58. The molecule has 5 nitrogen and oxygen atoms in total. The van der Waals surface area contributed by atoms with Gasteiger partial charge >= 0.3 is 0 Å². The van der Waals surface area contributed by atoms with Gasteiger partial charge in [0.1, 0.15) is 0 Å². The molecule has 3 aromatic carbocycles. The van der Waals surface area contributed by atoms with E-state index in [4.69, 9.17) is 0 Å². The molecule has 0 saturated heterocycles. The molecule has 3 rings (SSSR count). The van der Waals surface area contributed by atoms with E-state index in [9.17, 15) is 16.8 Å². The van der Waals surface area contributed by atoms with E-state index in [1.54, 1.807) is 48.5 Å². The van der Waals surface area contributed by atoms with Crippen LogP contribution in [0.5, 0.6) is 0 Å². The highest BCUT2D eigenvalue weighted by Crippen LogP contribution is 2.23. The summed E-state index contributed by atoms with van der Waals surface area (Å²) in [4.78, 5) is 0.485. The highest BCUT2D eigenvalue weighted by atomic mass is 32.2. The number of hydrogen-bond acceptors (Lipinski definition) is 4. The Balaban J connectivity index is 1.75. The van der Waals surface area contributed by atoms with Gasteiger partial charge in [-0.2, -0.15) is 0 Å². The number of rotatable bonds is 6. The number of nitrogens with one attached hydrogen (secondary N) is 1. The number of hydrogen-bond donors (Lipinski definition) is 1. The van der Waals surface area contributed by atoms with E-state index < -0.39 is 19.9 Å². The van der Waals surface area contributed by atoms with E-state index in [0.29, 0.717) is 0 Å². The second-order valence-electron chi connectivity index (χ2n) is 6.13. The Labute approximate surface area is 159 Å². The summed E-state index contributed by atoms with van der Waals surface area (Å²) >= 11 is 0. The van der Waals surface area contributed by atoms with E-state index in [1.165, 1.54) is 6.26 Å². The molecule has 1 N–H and O–H groups in total. The third-order valence-corrected chi connectivity index (χ3v) is 6.60. The van der Waals surface area contributed by atoms with Crippen LogP contribution in [0.2, 0.25) is 0 Å². The van der Waals surface area contributed by atoms with Crippen molar-refractivity contribution in [3.8, 4) is 11.1 Å². The second kappa shape index (κ2) is 7.64. The lowest BCUT2D eigenvalue weighted by atomic mass is 10.0. The first kappa shape index (κ1) is 19.3. The van der Waals surface area contributed by atoms with Crippen LogP contribution < -0.4 is 4.72 Å². The van der Waals surface area contributed by atoms with Gasteiger partial charge in [-0.3, -0.25) is 0 Å². The number of sulfonamides is 1. The molecule has 0 heterocycles. The van der Waals surface area contributed by atoms with Crippen molar-refractivity contribution in [1.82, 2.24) is 4.72 Å². The molecular formula is C20H19NO4S2. The van der Waals surface area contributed by atoms with Crippen molar-refractivity contribution in [3.05, 3.63) is 84.4 Å². The molecule has 0 spiro atoms. The van der Waals surface area contributed by atoms with Crippen molar-refractivity contribution in [3.63, 3.8) is 0 Å². The molecule has 27 heavy (non-hydrogen) atoms. The molecule has 0 fully saturated rings. The van der Waals surface area contributed by atoms with Gasteiger partial charge in [0.05, 0.1) is 9.79 Å². The minimum Gasteiger partial charge on any atom is -0.224 e. The fraction of sp³-hybridized carbons (Fsp3) is 0.100. The van der Waals surface area contributed by atoms with Gasteiger partial charge in [-0.1, -0.05) is 54.6 Å². The summed E-state index contributed by atoms with van der Waals surface area (Å²) in [6, 6.07) is 22.2. The lowest BCUT2D eigenvalue weighted by Gasteiger charge is -2.08. The van der Waals surface area contributed by atoms with Crippen molar-refractivity contribution in [2.45, 2.75) is 16.3 Å². The third kappa shape index (κ3) is 4.82. The van der Waals surface area contributed by atoms with E-state index in [2.05, 4.69) is 4.72 Å². The predicted molar refractivity (Wildman–Crippen MR) is 105 cm³/mol. The lowest BCUT2D eigenvalue weighted by molar-refractivity contribution is 0.581. The SMILES string of the molecule is CS(=O)(=O)c1cccc(-c2ccc(CNS(=O)(=O)c3ccccc3)cc2)c1. The van der Waals surface area contributed by atoms with Gasteiger partial charge in [0.15, 0.2) is 9.84 Å². The molecule has 0 aliphatic heterocycles. The first-order valence-corrected chi connectivity index (χ1v) is 11.6. The summed E-state index contributed by atoms with van der Waals surface area (Å²) in [6.07, 6.45) is 1.17. The van der Waals surface area contributed by atoms with Gasteiger partial charge in [-0.15, -0.1) is 0 Å². The van der Waals surface area contributed by atoms with Crippen LogP contribution in [0.25, 0.3) is 11.1 Å². The third-order valence-electron chi connectivity index (χ3n) is 4.07. The Morgan fingerprint density at radius 1 is 0.704 bits per heavy atom. The molecule has 0 aromatic heterocycles. The standard InChI is InChI=1S/C20H19NO4S2/c1-26(22,23)20-9-5-6-18(14-20)17-12-10-16(11-13-17)15-21-27(24,25)19-7-3-2-4-8-19/h2-14,21H,15H2,1H3. The van der Waals surface area contributed by atoms with Crippen LogP contribution >= 0.6 is 0 Å². The molecule has 0 amide bonds. The summed E-state index contributed by atoms with van der Waals surface area (Å²) in [5.41, 5.74) is 2.45. The van der Waals surface area contributed by atoms with E-state index in [-0.39, 0.29) is 16.3 Å². The minimum absolute atomic E-state index is 0.168. The van der Waals surface area contributed by atoms with Crippen LogP contribution in [0.4, 0.5) is 0 Å². The van der Waals surface area contributed by atoms with E-state index >= 15 is 0 Å². The summed E-state index contributed by atoms with van der Waals surface area (Å²) in [5, 5.41) is 0. The molecule has 0 atom stereocenters. The van der Waals surface area contributed by atoms with Gasteiger partial charge in [0.2, 0.25) is 10.0 Å². The van der Waals surface area contributed by atoms with Crippen molar-refractivity contribution in [2.75, 3.05) is 6.26 Å². The monoisotopic (exact) mass is 401 g/mol. The van der Waals surface area contributed by atoms with Gasteiger partial charge in [0, 0.05) is 12.8 Å². The molecule has 0 bridgehead atoms. The van der Waals surface area contributed by atoms with E-state index in [1.807, 2.05) is 30.3 Å². The second-order valence-corrected chi connectivity index (χ2v) is 9.92. The normalized spacial score (nSPS) is 12.0. The van der Waals surface area contributed by atoms with Crippen molar-refractivity contribution < 1.29 is 16.8 Å². The maximum atomic E-state index is 12.3. The van der Waals surface area contributed by atoms with Gasteiger partial charge in [-0.25, -0.2) is 21.6 Å². The fourth-order valence-corrected chi connectivity index (χ4v) is 4.29. The van der Waals surface area contributed by atoms with Crippen molar-refractivity contribution in [2.24, 2.45) is 0 Å². The molecule has 0 unspecified atom stereocenters. The Morgan fingerprint density at radius 3 is 1.96 bits per heavy atom. The van der Waals surface area contributed by atoms with Gasteiger partial charge in [0.25, 0.3) is 0 Å². The van der Waals surface area contributed by atoms with Crippen LogP contribution in [0.3, 0.4) is 0 Å². The molecule has 0 radical (unpaired) electrons. The summed E-state index contributed by atoms with van der Waals surface area (Å²) in [7, 11) is -6.83. The largest absolute Gasteiger partial charge is 0.240 e. The zero-order valence-electron chi connectivity index (χ0n) is 14.7. The highest BCUT2D eigenvalue weighted by molar-refractivity contribution is 7.90. The Bertz CT molecular complexity index is 1140. The maximum Gasteiger partial charge on any atom is 0.240 e. The summed E-state index contributed by atoms with van der Waals surface area (Å²) in [6.45, 7) is 0.168. The molecule has 3 aromatic rings. The summed E-state index contributed by atoms with van der Waals surface area (Å²) in [5.74, 6) is 0. The predicted octanol–water partition coefficient (Wildman–Crippen LogP) is 3.24. The Morgan fingerprint density at radius 2 is 1.33 bits per heavy atom. The Hall–Kier alpha value is -2.48. The molecule has 0 saturated carbocycles. The highest BCUT2D eigenvalue weighted by Gasteiger charge is 2.13. The van der Waals surface area contributed by atoms with Crippen LogP contribution in [0, 0.1) is 0 Å². The molecular weight excluding hydrogens is 382 g/mol. The summed E-state index contributed by atoms with van der Waals surface area (Å²) < 4.78 is 50.5. The quantitative estimate of drug-likeness (QED) is 0.688. The molecule has 0 aliphatic rings. The van der Waals surface area contributed by atoms with Crippen LogP contribution in [-0.4, -0.2) is 23.1 Å². The van der Waals surface area contributed by atoms with Crippen molar-refractivity contribution >= 4 is 19.9 Å². The first-order chi connectivity index (χ1) is 12.8. The molecule has 140 valence electrons. The lowest BCUT2D eigenvalue weighted by Crippen LogP contribution is -2.23. The molecule has 7 heteroatoms. The van der Waals surface area contributed by atoms with Crippen LogP contribution in [0.1, 0.15) is 5.56 Å². The number of benzene rings is 3. The first-order valence-electron chi connectivity index (χ1n) is 8.20. The van der Waals surface area contributed by atoms with Crippen LogP contribution in [0.15, 0.2) is 88.7 Å². The zero-order valence-corrected chi connectivity index (χ0v) is 16.3. The van der Waals surface area contributed by atoms with Gasteiger partial charge in [-0.05, 0) is 41.0 Å².